The van der Waals surface area contributed by atoms with Crippen molar-refractivity contribution in [1.82, 2.24) is 4.90 Å². The first-order chi connectivity index (χ1) is 5.26. The molecule has 0 rings (SSSR count). The Bertz CT molecular complexity index is 136. The van der Waals surface area contributed by atoms with Gasteiger partial charge in [0, 0.05) is 13.1 Å². The molecule has 0 aliphatic rings. The normalized spacial score (nSPS) is 9.27. The number of amides is 1. The summed E-state index contributed by atoms with van der Waals surface area (Å²) in [4.78, 5) is 12.9. The topological polar surface area (TPSA) is 20.3 Å². The third-order valence-corrected chi connectivity index (χ3v) is 1.79. The zero-order valence-electron chi connectivity index (χ0n) is 6.85. The highest BCUT2D eigenvalue weighted by atomic mass is 79.9. The van der Waals surface area contributed by atoms with Crippen LogP contribution in [0.4, 0.5) is 0 Å². The molecule has 0 fully saturated rings. The number of nitrogens with zero attached hydrogens (tertiary/aromatic N) is 1. The monoisotopic (exact) mass is 219 g/mol. The van der Waals surface area contributed by atoms with Gasteiger partial charge in [0.15, 0.2) is 0 Å². The first-order valence-electron chi connectivity index (χ1n) is 3.70. The molecule has 11 heavy (non-hydrogen) atoms. The highest BCUT2D eigenvalue weighted by molar-refractivity contribution is 9.09. The molecule has 0 saturated heterocycles. The molecule has 0 atom stereocenters. The van der Waals surface area contributed by atoms with E-state index in [0.29, 0.717) is 11.9 Å². The van der Waals surface area contributed by atoms with Crippen LogP contribution in [0.2, 0.25) is 0 Å². The van der Waals surface area contributed by atoms with E-state index in [4.69, 9.17) is 0 Å². The van der Waals surface area contributed by atoms with Crippen LogP contribution in [0.1, 0.15) is 13.3 Å². The van der Waals surface area contributed by atoms with Crippen LogP contribution in [0.5, 0.6) is 0 Å². The van der Waals surface area contributed by atoms with Gasteiger partial charge in [0.25, 0.3) is 0 Å². The quantitative estimate of drug-likeness (QED) is 0.511. The average molecular weight is 220 g/mol. The second-order valence-electron chi connectivity index (χ2n) is 2.26. The van der Waals surface area contributed by atoms with E-state index in [1.54, 1.807) is 11.0 Å². The Morgan fingerprint density at radius 1 is 1.73 bits per heavy atom. The molecule has 0 saturated carbocycles. The van der Waals surface area contributed by atoms with Crippen LogP contribution in [0.15, 0.2) is 12.7 Å². The van der Waals surface area contributed by atoms with E-state index >= 15 is 0 Å². The molecule has 64 valence electrons. The largest absolute Gasteiger partial charge is 0.338 e. The number of hydrogen-bond acceptors (Lipinski definition) is 1. The van der Waals surface area contributed by atoms with Crippen molar-refractivity contribution in [3.8, 4) is 0 Å². The molecule has 0 aromatic carbocycles. The van der Waals surface area contributed by atoms with Gasteiger partial charge >= 0.3 is 0 Å². The van der Waals surface area contributed by atoms with Gasteiger partial charge in [0.2, 0.25) is 5.91 Å². The van der Waals surface area contributed by atoms with Gasteiger partial charge in [0.05, 0.1) is 5.33 Å². The minimum Gasteiger partial charge on any atom is -0.338 e. The van der Waals surface area contributed by atoms with Crippen LogP contribution in [-0.4, -0.2) is 29.2 Å². The van der Waals surface area contributed by atoms with Gasteiger partial charge in [-0.3, -0.25) is 4.79 Å². The van der Waals surface area contributed by atoms with E-state index in [2.05, 4.69) is 29.4 Å². The summed E-state index contributed by atoms with van der Waals surface area (Å²) < 4.78 is 0. The molecule has 0 aromatic rings. The van der Waals surface area contributed by atoms with Gasteiger partial charge < -0.3 is 4.90 Å². The van der Waals surface area contributed by atoms with Crippen molar-refractivity contribution in [2.45, 2.75) is 13.3 Å². The van der Waals surface area contributed by atoms with Crippen LogP contribution in [0.25, 0.3) is 0 Å². The van der Waals surface area contributed by atoms with Crippen LogP contribution < -0.4 is 0 Å². The minimum absolute atomic E-state index is 0.131. The Morgan fingerprint density at radius 2 is 2.36 bits per heavy atom. The van der Waals surface area contributed by atoms with Gasteiger partial charge in [-0.1, -0.05) is 28.9 Å². The lowest BCUT2D eigenvalue weighted by atomic mass is 10.4. The molecule has 2 nitrogen and oxygen atoms in total. The number of alkyl halides is 1. The molecule has 0 radical (unpaired) electrons. The van der Waals surface area contributed by atoms with Gasteiger partial charge in [-0.15, -0.1) is 6.58 Å². The summed E-state index contributed by atoms with van der Waals surface area (Å²) in [6, 6.07) is 0. The SMILES string of the molecule is C=CCN(CCC)C(=O)CBr. The Balaban J connectivity index is 3.86. The fraction of sp³-hybridized carbons (Fsp3) is 0.625. The van der Waals surface area contributed by atoms with Crippen molar-refractivity contribution in [1.29, 1.82) is 0 Å². The molecule has 0 aliphatic heterocycles. The first-order valence-corrected chi connectivity index (χ1v) is 4.83. The van der Waals surface area contributed by atoms with E-state index in [1.807, 2.05) is 0 Å². The Kier molecular flexibility index (Phi) is 6.22. The summed E-state index contributed by atoms with van der Waals surface area (Å²) in [5.41, 5.74) is 0. The van der Waals surface area contributed by atoms with Crippen molar-refractivity contribution in [3.05, 3.63) is 12.7 Å². The van der Waals surface area contributed by atoms with Crippen molar-refractivity contribution in [2.75, 3.05) is 18.4 Å². The summed E-state index contributed by atoms with van der Waals surface area (Å²) in [6.45, 7) is 7.11. The van der Waals surface area contributed by atoms with Crippen LogP contribution in [0.3, 0.4) is 0 Å². The second kappa shape index (κ2) is 6.40. The Morgan fingerprint density at radius 3 is 2.73 bits per heavy atom. The molecule has 0 bridgehead atoms. The van der Waals surface area contributed by atoms with Crippen molar-refractivity contribution in [3.63, 3.8) is 0 Å². The van der Waals surface area contributed by atoms with Gasteiger partial charge in [-0.05, 0) is 6.42 Å². The summed E-state index contributed by atoms with van der Waals surface area (Å²) in [5.74, 6) is 0.131. The fourth-order valence-corrected chi connectivity index (χ4v) is 1.18. The predicted octanol–water partition coefficient (Wildman–Crippen LogP) is 1.81. The van der Waals surface area contributed by atoms with E-state index in [0.717, 1.165) is 13.0 Å². The highest BCUT2D eigenvalue weighted by Gasteiger charge is 2.07. The van der Waals surface area contributed by atoms with Gasteiger partial charge in [-0.2, -0.15) is 0 Å². The maximum absolute atomic E-state index is 11.1. The average Bonchev–Trinajstić information content (AvgIpc) is 2.03. The van der Waals surface area contributed by atoms with E-state index < -0.39 is 0 Å². The molecule has 0 heterocycles. The number of carbonyl (C=O) groups excluding carboxylic acids is 1. The molecule has 0 N–H and O–H groups in total. The molecule has 0 aliphatic carbocycles. The van der Waals surface area contributed by atoms with Gasteiger partial charge in [0.1, 0.15) is 0 Å². The number of hydrogen-bond donors (Lipinski definition) is 0. The highest BCUT2D eigenvalue weighted by Crippen LogP contribution is 1.95. The lowest BCUT2D eigenvalue weighted by Crippen LogP contribution is -2.32. The van der Waals surface area contributed by atoms with E-state index in [-0.39, 0.29) is 5.91 Å². The number of halogens is 1. The maximum Gasteiger partial charge on any atom is 0.233 e. The Labute approximate surface area is 76.4 Å². The summed E-state index contributed by atoms with van der Waals surface area (Å²) in [5, 5.41) is 0.404. The minimum atomic E-state index is 0.131. The maximum atomic E-state index is 11.1. The van der Waals surface area contributed by atoms with Crippen LogP contribution >= 0.6 is 15.9 Å². The molecule has 1 amide bonds. The lowest BCUT2D eigenvalue weighted by Gasteiger charge is -2.18. The van der Waals surface area contributed by atoms with Crippen molar-refractivity contribution >= 4 is 21.8 Å². The standard InChI is InChI=1S/C8H14BrNO/c1-3-5-10(6-4-2)8(11)7-9/h3H,1,4-7H2,2H3. The van der Waals surface area contributed by atoms with Gasteiger partial charge in [-0.25, -0.2) is 0 Å². The predicted molar refractivity (Wildman–Crippen MR) is 50.9 cm³/mol. The fourth-order valence-electron chi connectivity index (χ4n) is 0.828. The third kappa shape index (κ3) is 4.19. The first kappa shape index (κ1) is 10.7. The number of rotatable bonds is 5. The third-order valence-electron chi connectivity index (χ3n) is 1.31. The zero-order valence-corrected chi connectivity index (χ0v) is 8.43. The van der Waals surface area contributed by atoms with E-state index in [9.17, 15) is 4.79 Å². The Hall–Kier alpha value is -0.310. The second-order valence-corrected chi connectivity index (χ2v) is 2.82. The molecule has 0 aromatic heterocycles. The lowest BCUT2D eigenvalue weighted by molar-refractivity contribution is -0.127. The molecule has 3 heteroatoms. The van der Waals surface area contributed by atoms with Crippen molar-refractivity contribution in [2.24, 2.45) is 0 Å². The van der Waals surface area contributed by atoms with Crippen LogP contribution in [-0.2, 0) is 4.79 Å². The summed E-state index contributed by atoms with van der Waals surface area (Å²) in [6.07, 6.45) is 2.74. The smallest absolute Gasteiger partial charge is 0.233 e. The summed E-state index contributed by atoms with van der Waals surface area (Å²) >= 11 is 3.13. The zero-order chi connectivity index (χ0) is 8.69. The summed E-state index contributed by atoms with van der Waals surface area (Å²) in [7, 11) is 0. The van der Waals surface area contributed by atoms with Crippen LogP contribution in [0, 0.1) is 0 Å². The van der Waals surface area contributed by atoms with Crippen molar-refractivity contribution < 1.29 is 4.79 Å². The molecular weight excluding hydrogens is 206 g/mol. The van der Waals surface area contributed by atoms with E-state index in [1.165, 1.54) is 0 Å². The molecule has 0 unspecified atom stereocenters. The molecular formula is C8H14BrNO. The molecule has 0 spiro atoms. The number of carbonyl (C=O) groups is 1.